The number of carboxylic acids is 1. The standard InChI is InChI=1S/C9H11NO4/c1-10-5-4-7(11)9(14)6(10)2-3-8(12)13/h4-5,14H,2-3H2,1H3,(H,12,13). The zero-order valence-electron chi connectivity index (χ0n) is 7.73. The van der Waals surface area contributed by atoms with Crippen LogP contribution in [0, 0.1) is 0 Å². The van der Waals surface area contributed by atoms with Crippen LogP contribution in [0.25, 0.3) is 0 Å². The van der Waals surface area contributed by atoms with Gasteiger partial charge in [-0.3, -0.25) is 9.59 Å². The molecule has 5 heteroatoms. The highest BCUT2D eigenvalue weighted by atomic mass is 16.4. The van der Waals surface area contributed by atoms with Gasteiger partial charge in [-0.15, -0.1) is 0 Å². The van der Waals surface area contributed by atoms with Crippen LogP contribution in [0.5, 0.6) is 5.75 Å². The Hall–Kier alpha value is -1.78. The van der Waals surface area contributed by atoms with Crippen molar-refractivity contribution in [3.05, 3.63) is 28.2 Å². The molecule has 1 aromatic rings. The molecule has 2 N–H and O–H groups in total. The first-order valence-corrected chi connectivity index (χ1v) is 4.11. The van der Waals surface area contributed by atoms with Crippen LogP contribution in [0.1, 0.15) is 12.1 Å². The summed E-state index contributed by atoms with van der Waals surface area (Å²) in [7, 11) is 1.65. The number of rotatable bonds is 3. The molecule has 0 aromatic carbocycles. The second-order valence-corrected chi connectivity index (χ2v) is 2.98. The molecule has 0 fully saturated rings. The highest BCUT2D eigenvalue weighted by molar-refractivity contribution is 5.67. The van der Waals surface area contributed by atoms with Crippen LogP contribution in [0.3, 0.4) is 0 Å². The summed E-state index contributed by atoms with van der Waals surface area (Å²) >= 11 is 0. The Kier molecular flexibility index (Phi) is 2.91. The van der Waals surface area contributed by atoms with E-state index in [0.29, 0.717) is 5.69 Å². The number of aliphatic carboxylic acids is 1. The van der Waals surface area contributed by atoms with Crippen LogP contribution in [0.15, 0.2) is 17.1 Å². The number of nitrogens with zero attached hydrogens (tertiary/aromatic N) is 1. The van der Waals surface area contributed by atoms with E-state index in [9.17, 15) is 14.7 Å². The van der Waals surface area contributed by atoms with Crippen molar-refractivity contribution < 1.29 is 15.0 Å². The Morgan fingerprint density at radius 3 is 2.79 bits per heavy atom. The van der Waals surface area contributed by atoms with E-state index >= 15 is 0 Å². The summed E-state index contributed by atoms with van der Waals surface area (Å²) < 4.78 is 1.54. The van der Waals surface area contributed by atoms with Crippen molar-refractivity contribution in [2.45, 2.75) is 12.8 Å². The lowest BCUT2D eigenvalue weighted by Gasteiger charge is -2.08. The van der Waals surface area contributed by atoms with Crippen LogP contribution in [0.2, 0.25) is 0 Å². The Morgan fingerprint density at radius 2 is 2.21 bits per heavy atom. The Labute approximate surface area is 80.2 Å². The van der Waals surface area contributed by atoms with E-state index in [1.54, 1.807) is 11.6 Å². The number of hydrogen-bond donors (Lipinski definition) is 2. The summed E-state index contributed by atoms with van der Waals surface area (Å²) in [5, 5.41) is 17.8. The number of carboxylic acid groups (broad SMARTS) is 1. The van der Waals surface area contributed by atoms with Crippen molar-refractivity contribution in [3.8, 4) is 5.75 Å². The number of carbonyl (C=O) groups is 1. The van der Waals surface area contributed by atoms with Crippen molar-refractivity contribution in [1.29, 1.82) is 0 Å². The van der Waals surface area contributed by atoms with Gasteiger partial charge in [0.15, 0.2) is 5.75 Å². The van der Waals surface area contributed by atoms with Crippen molar-refractivity contribution in [1.82, 2.24) is 4.57 Å². The molecule has 76 valence electrons. The summed E-state index contributed by atoms with van der Waals surface area (Å²) in [6.45, 7) is 0. The van der Waals surface area contributed by atoms with Crippen molar-refractivity contribution in [3.63, 3.8) is 0 Å². The van der Waals surface area contributed by atoms with E-state index in [1.165, 1.54) is 12.3 Å². The minimum Gasteiger partial charge on any atom is -0.503 e. The van der Waals surface area contributed by atoms with Gasteiger partial charge in [-0.1, -0.05) is 0 Å². The Morgan fingerprint density at radius 1 is 1.57 bits per heavy atom. The third-order valence-corrected chi connectivity index (χ3v) is 1.96. The summed E-state index contributed by atoms with van der Waals surface area (Å²) in [6.07, 6.45) is 1.54. The van der Waals surface area contributed by atoms with Gasteiger partial charge in [0.2, 0.25) is 5.43 Å². The first-order chi connectivity index (χ1) is 6.52. The van der Waals surface area contributed by atoms with Gasteiger partial charge >= 0.3 is 5.97 Å². The SMILES string of the molecule is Cn1ccc(=O)c(O)c1CCC(=O)O. The number of aromatic hydroxyl groups is 1. The lowest BCUT2D eigenvalue weighted by molar-refractivity contribution is -0.136. The summed E-state index contributed by atoms with van der Waals surface area (Å²) in [5.41, 5.74) is -0.136. The van der Waals surface area contributed by atoms with Crippen molar-refractivity contribution in [2.75, 3.05) is 0 Å². The summed E-state index contributed by atoms with van der Waals surface area (Å²) in [4.78, 5) is 21.3. The van der Waals surface area contributed by atoms with Crippen LogP contribution >= 0.6 is 0 Å². The van der Waals surface area contributed by atoms with Crippen molar-refractivity contribution in [2.24, 2.45) is 7.05 Å². The molecule has 1 rings (SSSR count). The maximum Gasteiger partial charge on any atom is 0.303 e. The fourth-order valence-electron chi connectivity index (χ4n) is 1.18. The van der Waals surface area contributed by atoms with Gasteiger partial charge in [0, 0.05) is 25.7 Å². The maximum absolute atomic E-state index is 11.0. The normalized spacial score (nSPS) is 10.1. The second-order valence-electron chi connectivity index (χ2n) is 2.98. The predicted molar refractivity (Wildman–Crippen MR) is 49.3 cm³/mol. The topological polar surface area (TPSA) is 79.5 Å². The molecule has 0 aliphatic carbocycles. The zero-order valence-corrected chi connectivity index (χ0v) is 7.73. The first kappa shape index (κ1) is 10.3. The van der Waals surface area contributed by atoms with Gasteiger partial charge in [-0.05, 0) is 0 Å². The third-order valence-electron chi connectivity index (χ3n) is 1.96. The molecule has 0 aliphatic heterocycles. The minimum absolute atomic E-state index is 0.106. The van der Waals surface area contributed by atoms with Gasteiger partial charge in [-0.25, -0.2) is 0 Å². The maximum atomic E-state index is 11.0. The number of pyridine rings is 1. The molecule has 0 saturated heterocycles. The van der Waals surface area contributed by atoms with E-state index in [4.69, 9.17) is 5.11 Å². The molecule has 0 atom stereocenters. The van der Waals surface area contributed by atoms with Gasteiger partial charge < -0.3 is 14.8 Å². The number of hydrogen-bond acceptors (Lipinski definition) is 3. The summed E-state index contributed by atoms with van der Waals surface area (Å²) in [6, 6.07) is 1.24. The molecule has 0 aliphatic rings. The first-order valence-electron chi connectivity index (χ1n) is 4.11. The van der Waals surface area contributed by atoms with Gasteiger partial charge in [-0.2, -0.15) is 0 Å². The average molecular weight is 197 g/mol. The molecule has 0 radical (unpaired) electrons. The largest absolute Gasteiger partial charge is 0.503 e. The fourth-order valence-corrected chi connectivity index (χ4v) is 1.18. The molecular weight excluding hydrogens is 186 g/mol. The second kappa shape index (κ2) is 3.95. The van der Waals surface area contributed by atoms with Crippen molar-refractivity contribution >= 4 is 5.97 Å². The lowest BCUT2D eigenvalue weighted by Crippen LogP contribution is -2.11. The van der Waals surface area contributed by atoms with Crippen LogP contribution < -0.4 is 5.43 Å². The van der Waals surface area contributed by atoms with Gasteiger partial charge in [0.25, 0.3) is 0 Å². The monoisotopic (exact) mass is 197 g/mol. The fraction of sp³-hybridized carbons (Fsp3) is 0.333. The predicted octanol–water partition coefficient (Wildman–Crippen LogP) is 0.108. The van der Waals surface area contributed by atoms with E-state index in [2.05, 4.69) is 0 Å². The molecular formula is C9H11NO4. The zero-order chi connectivity index (χ0) is 10.7. The molecule has 0 saturated carbocycles. The summed E-state index contributed by atoms with van der Waals surface area (Å²) in [5.74, 6) is -1.32. The molecule has 1 heterocycles. The van der Waals surface area contributed by atoms with E-state index in [0.717, 1.165) is 0 Å². The lowest BCUT2D eigenvalue weighted by atomic mass is 10.2. The average Bonchev–Trinajstić information content (AvgIpc) is 2.11. The highest BCUT2D eigenvalue weighted by Crippen LogP contribution is 2.11. The smallest absolute Gasteiger partial charge is 0.303 e. The number of aromatic nitrogens is 1. The van der Waals surface area contributed by atoms with Gasteiger partial charge in [0.1, 0.15) is 0 Å². The molecule has 14 heavy (non-hydrogen) atoms. The Bertz CT molecular complexity index is 408. The van der Waals surface area contributed by atoms with Gasteiger partial charge in [0.05, 0.1) is 12.1 Å². The Balaban J connectivity index is 3.01. The molecule has 0 spiro atoms. The highest BCUT2D eigenvalue weighted by Gasteiger charge is 2.09. The third kappa shape index (κ3) is 2.12. The molecule has 5 nitrogen and oxygen atoms in total. The molecule has 0 bridgehead atoms. The molecule has 1 aromatic heterocycles. The van der Waals surface area contributed by atoms with Crippen LogP contribution in [-0.2, 0) is 18.3 Å². The van der Waals surface area contributed by atoms with E-state index < -0.39 is 11.4 Å². The minimum atomic E-state index is -0.958. The van der Waals surface area contributed by atoms with E-state index in [1.807, 2.05) is 0 Å². The molecule has 0 unspecified atom stereocenters. The van der Waals surface area contributed by atoms with Crippen LogP contribution in [-0.4, -0.2) is 20.7 Å². The molecule has 0 amide bonds. The van der Waals surface area contributed by atoms with E-state index in [-0.39, 0.29) is 18.6 Å². The van der Waals surface area contributed by atoms with Crippen LogP contribution in [0.4, 0.5) is 0 Å². The quantitative estimate of drug-likeness (QED) is 0.720. The number of aryl methyl sites for hydroxylation is 1.